The van der Waals surface area contributed by atoms with Gasteiger partial charge in [0.15, 0.2) is 5.54 Å². The highest BCUT2D eigenvalue weighted by atomic mass is 16.6. The molecule has 1 heterocycles. The second-order valence-electron chi connectivity index (χ2n) is 5.42. The molecule has 0 aromatic rings. The van der Waals surface area contributed by atoms with Crippen molar-refractivity contribution in [3.8, 4) is 0 Å². The standard InChI is InChI=1S/C11H19N2O4/c1-8(14)13(2)7-11(13)6-9(12(15)16)4-5-10(11)17-3/h9-10H,4-7H2,1-3H3/q+1. The first-order valence-electron chi connectivity index (χ1n) is 5.90. The highest BCUT2D eigenvalue weighted by molar-refractivity contribution is 5.68. The van der Waals surface area contributed by atoms with Gasteiger partial charge in [0.25, 0.3) is 0 Å². The molecule has 6 heteroatoms. The number of ether oxygens (including phenoxy) is 1. The van der Waals surface area contributed by atoms with Gasteiger partial charge in [0.05, 0.1) is 20.4 Å². The number of carbonyl (C=O) groups excluding carboxylic acids is 1. The number of methoxy groups -OCH3 is 1. The molecule has 1 spiro atoms. The number of rotatable bonds is 2. The SMILES string of the molecule is COC1CCC([N+](=O)[O-])CC12C[N+]2(C)C(C)=O. The van der Waals surface area contributed by atoms with Gasteiger partial charge in [-0.15, -0.1) is 0 Å². The number of amides is 1. The first kappa shape index (κ1) is 12.4. The summed E-state index contributed by atoms with van der Waals surface area (Å²) in [5, 5.41) is 10.9. The predicted octanol–water partition coefficient (Wildman–Crippen LogP) is 0.576. The van der Waals surface area contributed by atoms with Crippen molar-refractivity contribution in [2.45, 2.75) is 43.9 Å². The number of carbonyl (C=O) groups is 1. The van der Waals surface area contributed by atoms with E-state index >= 15 is 0 Å². The average Bonchev–Trinajstić information content (AvgIpc) is 2.85. The summed E-state index contributed by atoms with van der Waals surface area (Å²) in [6, 6.07) is -0.527. The fourth-order valence-electron chi connectivity index (χ4n) is 3.39. The number of hydrogen-bond donors (Lipinski definition) is 0. The van der Waals surface area contributed by atoms with Crippen LogP contribution in [0.5, 0.6) is 0 Å². The van der Waals surface area contributed by atoms with Crippen LogP contribution in [0.15, 0.2) is 0 Å². The van der Waals surface area contributed by atoms with Crippen molar-refractivity contribution in [2.75, 3.05) is 20.7 Å². The third kappa shape index (κ3) is 1.58. The quantitative estimate of drug-likeness (QED) is 0.308. The molecule has 0 aromatic heterocycles. The zero-order valence-corrected chi connectivity index (χ0v) is 10.5. The van der Waals surface area contributed by atoms with Crippen molar-refractivity contribution in [3.63, 3.8) is 0 Å². The number of likely N-dealkylation sites (N-methyl/N-ethyl adjacent to an activating group) is 1. The normalized spacial score (nSPS) is 44.6. The monoisotopic (exact) mass is 243 g/mol. The molecule has 0 aromatic carbocycles. The highest BCUT2D eigenvalue weighted by Gasteiger charge is 2.76. The maximum atomic E-state index is 11.7. The van der Waals surface area contributed by atoms with Crippen molar-refractivity contribution in [1.29, 1.82) is 0 Å². The summed E-state index contributed by atoms with van der Waals surface area (Å²) in [4.78, 5) is 22.4. The van der Waals surface area contributed by atoms with Crippen LogP contribution in [-0.2, 0) is 9.53 Å². The minimum atomic E-state index is -0.527. The summed E-state index contributed by atoms with van der Waals surface area (Å²) < 4.78 is 5.74. The molecular weight excluding hydrogens is 224 g/mol. The van der Waals surface area contributed by atoms with Gasteiger partial charge in [-0.1, -0.05) is 0 Å². The minimum Gasteiger partial charge on any atom is -0.375 e. The Kier molecular flexibility index (Phi) is 2.74. The molecule has 96 valence electrons. The Morgan fingerprint density at radius 3 is 2.59 bits per heavy atom. The van der Waals surface area contributed by atoms with Crippen LogP contribution in [0.3, 0.4) is 0 Å². The average molecular weight is 243 g/mol. The van der Waals surface area contributed by atoms with Crippen LogP contribution < -0.4 is 0 Å². The van der Waals surface area contributed by atoms with E-state index in [0.29, 0.717) is 25.8 Å². The predicted molar refractivity (Wildman–Crippen MR) is 59.9 cm³/mol. The minimum absolute atomic E-state index is 0.0346. The van der Waals surface area contributed by atoms with Crippen molar-refractivity contribution >= 4 is 5.91 Å². The smallest absolute Gasteiger partial charge is 0.311 e. The lowest BCUT2D eigenvalue weighted by Gasteiger charge is -2.31. The molecule has 17 heavy (non-hydrogen) atoms. The Labute approximate surface area is 100 Å². The number of nitro groups is 1. The number of nitrogens with zero attached hydrogens (tertiary/aromatic N) is 2. The van der Waals surface area contributed by atoms with Gasteiger partial charge in [-0.05, 0) is 6.42 Å². The van der Waals surface area contributed by atoms with Gasteiger partial charge in [-0.2, -0.15) is 0 Å². The van der Waals surface area contributed by atoms with Crippen LogP contribution in [0, 0.1) is 10.1 Å². The molecule has 1 saturated heterocycles. The zero-order chi connectivity index (χ0) is 12.8. The van der Waals surface area contributed by atoms with Gasteiger partial charge in [0, 0.05) is 18.5 Å². The molecular formula is C11H19N2O4+. The van der Waals surface area contributed by atoms with Gasteiger partial charge in [-0.25, -0.2) is 9.28 Å². The second kappa shape index (κ2) is 3.74. The molecule has 1 amide bonds. The first-order chi connectivity index (χ1) is 7.87. The van der Waals surface area contributed by atoms with E-state index in [4.69, 9.17) is 4.74 Å². The second-order valence-corrected chi connectivity index (χ2v) is 5.42. The Morgan fingerprint density at radius 2 is 2.18 bits per heavy atom. The van der Waals surface area contributed by atoms with E-state index in [1.54, 1.807) is 14.0 Å². The van der Waals surface area contributed by atoms with Crippen molar-refractivity contribution in [3.05, 3.63) is 10.1 Å². The van der Waals surface area contributed by atoms with E-state index in [1.807, 2.05) is 7.05 Å². The van der Waals surface area contributed by atoms with Gasteiger partial charge >= 0.3 is 5.91 Å². The molecule has 4 atom stereocenters. The molecule has 0 bridgehead atoms. The molecule has 2 rings (SSSR count). The molecule has 0 radical (unpaired) electrons. The molecule has 1 aliphatic carbocycles. The summed E-state index contributed by atoms with van der Waals surface area (Å²) in [5.41, 5.74) is -0.351. The lowest BCUT2D eigenvalue weighted by Crippen LogP contribution is -2.51. The van der Waals surface area contributed by atoms with Crippen molar-refractivity contribution in [2.24, 2.45) is 0 Å². The maximum Gasteiger partial charge on any atom is 0.311 e. The Morgan fingerprint density at radius 1 is 1.53 bits per heavy atom. The molecule has 1 aliphatic heterocycles. The molecule has 2 aliphatic rings. The Balaban J connectivity index is 2.24. The summed E-state index contributed by atoms with van der Waals surface area (Å²) in [5.74, 6) is 0.0658. The van der Waals surface area contributed by atoms with Crippen molar-refractivity contribution < 1.29 is 18.9 Å². The van der Waals surface area contributed by atoms with Crippen LogP contribution in [0.4, 0.5) is 0 Å². The van der Waals surface area contributed by atoms with Crippen LogP contribution in [0.25, 0.3) is 0 Å². The summed E-state index contributed by atoms with van der Waals surface area (Å²) in [6.45, 7) is 2.22. The number of quaternary nitrogens is 1. The third-order valence-electron chi connectivity index (χ3n) is 4.70. The summed E-state index contributed by atoms with van der Waals surface area (Å²) in [7, 11) is 3.48. The molecule has 6 nitrogen and oxygen atoms in total. The van der Waals surface area contributed by atoms with Crippen LogP contribution >= 0.6 is 0 Å². The molecule has 2 fully saturated rings. The zero-order valence-electron chi connectivity index (χ0n) is 10.5. The molecule has 0 N–H and O–H groups in total. The molecule has 1 saturated carbocycles. The largest absolute Gasteiger partial charge is 0.375 e. The fourth-order valence-corrected chi connectivity index (χ4v) is 3.39. The van der Waals surface area contributed by atoms with Crippen LogP contribution in [-0.4, -0.2) is 53.7 Å². The number of hydrogen-bond acceptors (Lipinski definition) is 4. The van der Waals surface area contributed by atoms with E-state index in [9.17, 15) is 14.9 Å². The lowest BCUT2D eigenvalue weighted by molar-refractivity contribution is -0.737. The summed E-state index contributed by atoms with van der Waals surface area (Å²) >= 11 is 0. The van der Waals surface area contributed by atoms with E-state index in [-0.39, 0.29) is 27.0 Å². The molecule has 4 unspecified atom stereocenters. The highest BCUT2D eigenvalue weighted by Crippen LogP contribution is 2.52. The Bertz CT molecular complexity index is 372. The van der Waals surface area contributed by atoms with Crippen molar-refractivity contribution in [1.82, 2.24) is 0 Å². The van der Waals surface area contributed by atoms with E-state index < -0.39 is 6.04 Å². The maximum absolute atomic E-state index is 11.7. The topological polar surface area (TPSA) is 69.4 Å². The van der Waals surface area contributed by atoms with E-state index in [1.165, 1.54) is 0 Å². The van der Waals surface area contributed by atoms with Gasteiger partial charge in [0.1, 0.15) is 12.6 Å². The lowest BCUT2D eigenvalue weighted by atomic mass is 9.82. The third-order valence-corrected chi connectivity index (χ3v) is 4.70. The Hall–Kier alpha value is -1.01. The van der Waals surface area contributed by atoms with E-state index in [0.717, 1.165) is 0 Å². The fraction of sp³-hybridized carbons (Fsp3) is 0.909. The van der Waals surface area contributed by atoms with Crippen LogP contribution in [0.1, 0.15) is 26.2 Å². The summed E-state index contributed by atoms with van der Waals surface area (Å²) in [6.07, 6.45) is 1.64. The van der Waals surface area contributed by atoms with Gasteiger partial charge < -0.3 is 4.74 Å². The van der Waals surface area contributed by atoms with Gasteiger partial charge in [-0.3, -0.25) is 10.1 Å². The van der Waals surface area contributed by atoms with Gasteiger partial charge in [0.2, 0.25) is 6.04 Å². The first-order valence-corrected chi connectivity index (χ1v) is 5.90. The van der Waals surface area contributed by atoms with Crippen LogP contribution in [0.2, 0.25) is 0 Å². The van der Waals surface area contributed by atoms with E-state index in [2.05, 4.69) is 0 Å².